The monoisotopic (exact) mass is 586 g/mol. The molecule has 3 aromatic rings. The summed E-state index contributed by atoms with van der Waals surface area (Å²) >= 11 is 0. The Kier molecular flexibility index (Phi) is 7.38. The number of carboxylic acids is 1. The standard InChI is InChI=1S/C35H39FN2O5/c1-21(34(39)40)33(23-5-6-23)25-7-4-22-9-11-30(43-31(22)15-25)24-8-10-27(28-16-32(41-2)37-17-29(28)36)26(14-24)18-38-13-3-12-35(38)19-42-20-35/h4,7-8,10,14-17,21,23,30,33H,3,5-6,9,11-13,18-20H2,1-2H3,(H,39,40)/t21-,30-,33?/m0/s1. The molecule has 8 heteroatoms. The summed E-state index contributed by atoms with van der Waals surface area (Å²) in [5.41, 5.74) is 5.70. The topological polar surface area (TPSA) is 81.1 Å². The number of halogens is 1. The van der Waals surface area contributed by atoms with Crippen molar-refractivity contribution in [1.82, 2.24) is 9.88 Å². The van der Waals surface area contributed by atoms with Gasteiger partial charge in [-0.05, 0) is 90.8 Å². The molecule has 0 bridgehead atoms. The maximum Gasteiger partial charge on any atom is 0.306 e. The quantitative estimate of drug-likeness (QED) is 0.305. The molecule has 1 N–H and O–H groups in total. The second kappa shape index (κ2) is 11.2. The van der Waals surface area contributed by atoms with Crippen molar-refractivity contribution in [2.75, 3.05) is 26.9 Å². The van der Waals surface area contributed by atoms with Crippen molar-refractivity contribution in [3.63, 3.8) is 0 Å². The van der Waals surface area contributed by atoms with Crippen molar-refractivity contribution in [1.29, 1.82) is 0 Å². The highest BCUT2D eigenvalue weighted by atomic mass is 19.1. The van der Waals surface area contributed by atoms with Gasteiger partial charge in [0.1, 0.15) is 17.7 Å². The number of hydrogen-bond acceptors (Lipinski definition) is 6. The summed E-state index contributed by atoms with van der Waals surface area (Å²) in [5.74, 6) is 0.0571. The second-order valence-electron chi connectivity index (χ2n) is 12.9. The van der Waals surface area contributed by atoms with Crippen molar-refractivity contribution >= 4 is 5.97 Å². The Morgan fingerprint density at radius 2 is 2.00 bits per heavy atom. The van der Waals surface area contributed by atoms with E-state index in [1.54, 1.807) is 6.07 Å². The number of aryl methyl sites for hydroxylation is 1. The smallest absolute Gasteiger partial charge is 0.306 e. The van der Waals surface area contributed by atoms with Gasteiger partial charge in [-0.15, -0.1) is 0 Å². The van der Waals surface area contributed by atoms with Crippen LogP contribution >= 0.6 is 0 Å². The van der Waals surface area contributed by atoms with E-state index in [4.69, 9.17) is 14.2 Å². The van der Waals surface area contributed by atoms with Crippen LogP contribution in [-0.2, 0) is 22.5 Å². The minimum absolute atomic E-state index is 0.00631. The van der Waals surface area contributed by atoms with Crippen molar-refractivity contribution < 1.29 is 28.5 Å². The third-order valence-corrected chi connectivity index (χ3v) is 10.2. The van der Waals surface area contributed by atoms with E-state index in [9.17, 15) is 9.90 Å². The molecule has 3 atom stereocenters. The van der Waals surface area contributed by atoms with E-state index in [2.05, 4.69) is 40.2 Å². The van der Waals surface area contributed by atoms with Gasteiger partial charge in [0.2, 0.25) is 5.88 Å². The minimum Gasteiger partial charge on any atom is -0.485 e. The summed E-state index contributed by atoms with van der Waals surface area (Å²) < 4.78 is 32.8. The highest BCUT2D eigenvalue weighted by Gasteiger charge is 2.47. The molecule has 1 saturated carbocycles. The number of ether oxygens (including phenoxy) is 3. The molecule has 0 amide bonds. The van der Waals surface area contributed by atoms with Crippen molar-refractivity contribution in [2.24, 2.45) is 11.8 Å². The minimum atomic E-state index is -0.752. The largest absolute Gasteiger partial charge is 0.485 e. The zero-order valence-electron chi connectivity index (χ0n) is 24.9. The Morgan fingerprint density at radius 3 is 2.72 bits per heavy atom. The number of carboxylic acid groups (broad SMARTS) is 1. The summed E-state index contributed by atoms with van der Waals surface area (Å²) in [6.07, 6.45) is 7.18. The first-order valence-corrected chi connectivity index (χ1v) is 15.5. The van der Waals surface area contributed by atoms with Crippen LogP contribution in [0.5, 0.6) is 11.6 Å². The summed E-state index contributed by atoms with van der Waals surface area (Å²) in [4.78, 5) is 18.5. The maximum absolute atomic E-state index is 15.2. The van der Waals surface area contributed by atoms with E-state index in [1.807, 2.05) is 13.0 Å². The SMILES string of the molecule is COc1cc(-c2ccc([C@@H]3CCc4ccc(C(C5CC5)[C@H](C)C(=O)O)cc4O3)cc2CN2CCCC23COC3)c(F)cn1. The first-order valence-electron chi connectivity index (χ1n) is 15.5. The number of likely N-dealkylation sites (tertiary alicyclic amines) is 1. The number of methoxy groups -OCH3 is 1. The number of pyridine rings is 1. The summed E-state index contributed by atoms with van der Waals surface area (Å²) in [7, 11) is 1.54. The van der Waals surface area contributed by atoms with Gasteiger partial charge in [-0.3, -0.25) is 9.69 Å². The molecule has 1 aromatic heterocycles. The van der Waals surface area contributed by atoms with Crippen LogP contribution in [0.3, 0.4) is 0 Å². The predicted molar refractivity (Wildman–Crippen MR) is 160 cm³/mol. The lowest BCUT2D eigenvalue weighted by Crippen LogP contribution is -2.58. The Labute approximate surface area is 252 Å². The zero-order chi connectivity index (χ0) is 29.7. The zero-order valence-corrected chi connectivity index (χ0v) is 24.9. The van der Waals surface area contributed by atoms with Gasteiger partial charge in [0.05, 0.1) is 38.0 Å². The molecule has 4 aliphatic rings. The lowest BCUT2D eigenvalue weighted by atomic mass is 9.82. The number of benzene rings is 2. The van der Waals surface area contributed by atoms with Crippen molar-refractivity contribution in [3.05, 3.63) is 76.7 Å². The van der Waals surface area contributed by atoms with Gasteiger partial charge < -0.3 is 19.3 Å². The summed E-state index contributed by atoms with van der Waals surface area (Å²) in [6.45, 7) is 4.99. The third-order valence-electron chi connectivity index (χ3n) is 10.2. The number of fused-ring (bicyclic) bond motifs is 1. The lowest BCUT2D eigenvalue weighted by molar-refractivity contribution is -0.142. The Hall–Kier alpha value is -3.49. The van der Waals surface area contributed by atoms with Crippen LogP contribution in [-0.4, -0.2) is 53.4 Å². The van der Waals surface area contributed by atoms with E-state index < -0.39 is 11.9 Å². The summed E-state index contributed by atoms with van der Waals surface area (Å²) in [5, 5.41) is 9.77. The van der Waals surface area contributed by atoms with E-state index in [0.717, 1.165) is 91.9 Å². The molecule has 1 unspecified atom stereocenters. The van der Waals surface area contributed by atoms with Gasteiger partial charge in [-0.25, -0.2) is 9.37 Å². The van der Waals surface area contributed by atoms with Crippen LogP contribution in [0.1, 0.15) is 73.3 Å². The van der Waals surface area contributed by atoms with Gasteiger partial charge >= 0.3 is 5.97 Å². The third kappa shape index (κ3) is 5.29. The number of aromatic nitrogens is 1. The highest BCUT2D eigenvalue weighted by molar-refractivity contribution is 5.71. The number of carbonyl (C=O) groups is 1. The molecule has 4 heterocycles. The number of nitrogens with zero attached hydrogens (tertiary/aromatic N) is 2. The van der Waals surface area contributed by atoms with Crippen molar-refractivity contribution in [2.45, 2.75) is 69.6 Å². The molecule has 1 spiro atoms. The fraction of sp³-hybridized carbons (Fsp3) is 0.486. The van der Waals surface area contributed by atoms with Crippen LogP contribution in [0.25, 0.3) is 11.1 Å². The lowest BCUT2D eigenvalue weighted by Gasteiger charge is -2.45. The van der Waals surface area contributed by atoms with E-state index >= 15 is 4.39 Å². The molecular formula is C35H39FN2O5. The molecule has 0 radical (unpaired) electrons. The molecule has 7 rings (SSSR count). The maximum atomic E-state index is 15.2. The molecule has 7 nitrogen and oxygen atoms in total. The molecule has 2 aromatic carbocycles. The number of aliphatic carboxylic acids is 1. The molecule has 3 aliphatic heterocycles. The second-order valence-corrected chi connectivity index (χ2v) is 12.9. The molecule has 43 heavy (non-hydrogen) atoms. The van der Waals surface area contributed by atoms with Gasteiger partial charge in [0.25, 0.3) is 0 Å². The Bertz CT molecular complexity index is 1530. The first-order chi connectivity index (χ1) is 20.8. The molecule has 1 aliphatic carbocycles. The average Bonchev–Trinajstić information content (AvgIpc) is 3.74. The fourth-order valence-electron chi connectivity index (χ4n) is 7.46. The van der Waals surface area contributed by atoms with Crippen LogP contribution in [0.2, 0.25) is 0 Å². The molecule has 2 saturated heterocycles. The van der Waals surface area contributed by atoms with Crippen LogP contribution < -0.4 is 9.47 Å². The van der Waals surface area contributed by atoms with Crippen LogP contribution in [0.15, 0.2) is 48.7 Å². The molecule has 226 valence electrons. The number of hydrogen-bond donors (Lipinski definition) is 1. The van der Waals surface area contributed by atoms with E-state index in [0.29, 0.717) is 23.9 Å². The van der Waals surface area contributed by atoms with Crippen molar-refractivity contribution in [3.8, 4) is 22.8 Å². The van der Waals surface area contributed by atoms with Crippen LogP contribution in [0.4, 0.5) is 4.39 Å². The summed E-state index contributed by atoms with van der Waals surface area (Å²) in [6, 6.07) is 14.2. The first kappa shape index (κ1) is 28.3. The van der Waals surface area contributed by atoms with E-state index in [1.165, 1.54) is 13.3 Å². The molecular weight excluding hydrogens is 547 g/mol. The predicted octanol–water partition coefficient (Wildman–Crippen LogP) is 6.54. The van der Waals surface area contributed by atoms with Gasteiger partial charge in [-0.1, -0.05) is 37.3 Å². The Balaban J connectivity index is 1.21. The van der Waals surface area contributed by atoms with Gasteiger partial charge in [0.15, 0.2) is 0 Å². The fourth-order valence-corrected chi connectivity index (χ4v) is 7.46. The van der Waals surface area contributed by atoms with E-state index in [-0.39, 0.29) is 23.4 Å². The number of rotatable bonds is 9. The average molecular weight is 587 g/mol. The van der Waals surface area contributed by atoms with Gasteiger partial charge in [-0.2, -0.15) is 0 Å². The normalized spacial score (nSPS) is 22.3. The van der Waals surface area contributed by atoms with Crippen LogP contribution in [0, 0.1) is 17.7 Å². The highest BCUT2D eigenvalue weighted by Crippen LogP contribution is 2.48. The van der Waals surface area contributed by atoms with Gasteiger partial charge in [0, 0.05) is 18.2 Å². The Morgan fingerprint density at radius 1 is 1.16 bits per heavy atom. The molecule has 3 fully saturated rings.